The minimum absolute atomic E-state index is 0.0447. The summed E-state index contributed by atoms with van der Waals surface area (Å²) in [6.07, 6.45) is 0.897. The Morgan fingerprint density at radius 1 is 1.10 bits per heavy atom. The van der Waals surface area contributed by atoms with Gasteiger partial charge in [-0.05, 0) is 41.8 Å². The van der Waals surface area contributed by atoms with E-state index in [-0.39, 0.29) is 12.8 Å². The number of urea groups is 1. The van der Waals surface area contributed by atoms with Crippen LogP contribution in [-0.4, -0.2) is 50.8 Å². The molecule has 8 heteroatoms. The zero-order valence-electron chi connectivity index (χ0n) is 17.2. The summed E-state index contributed by atoms with van der Waals surface area (Å²) in [5.74, 6) is 3.83. The number of amides is 2. The maximum atomic E-state index is 12.7. The molecule has 0 saturated carbocycles. The molecule has 1 N–H and O–H groups in total. The molecule has 7 nitrogen and oxygen atoms in total. The zero-order chi connectivity index (χ0) is 20.9. The molecule has 0 aliphatic carbocycles. The molecule has 2 heterocycles. The van der Waals surface area contributed by atoms with Gasteiger partial charge in [-0.1, -0.05) is 12.1 Å². The van der Waals surface area contributed by atoms with Gasteiger partial charge in [0, 0.05) is 30.6 Å². The Labute approximate surface area is 180 Å². The van der Waals surface area contributed by atoms with Gasteiger partial charge in [-0.25, -0.2) is 4.79 Å². The second-order valence-electron chi connectivity index (χ2n) is 7.10. The van der Waals surface area contributed by atoms with E-state index in [1.807, 2.05) is 40.9 Å². The highest BCUT2D eigenvalue weighted by Gasteiger charge is 2.24. The summed E-state index contributed by atoms with van der Waals surface area (Å²) in [6, 6.07) is 11.7. The lowest BCUT2D eigenvalue weighted by Crippen LogP contribution is -2.40. The van der Waals surface area contributed by atoms with Gasteiger partial charge in [-0.15, -0.1) is 0 Å². The van der Waals surface area contributed by atoms with Crippen molar-refractivity contribution >= 4 is 17.8 Å². The van der Waals surface area contributed by atoms with Gasteiger partial charge in [0.2, 0.25) is 6.79 Å². The molecule has 0 spiro atoms. The fraction of sp³-hybridized carbons (Fsp3) is 0.409. The molecule has 4 rings (SSSR count). The van der Waals surface area contributed by atoms with E-state index in [1.165, 1.54) is 5.56 Å². The number of carbonyl (C=O) groups is 1. The average Bonchev–Trinajstić information content (AvgIpc) is 3.11. The lowest BCUT2D eigenvalue weighted by molar-refractivity contribution is 0.174. The predicted octanol–water partition coefficient (Wildman–Crippen LogP) is 3.82. The number of hydrogen-bond donors (Lipinski definition) is 1. The number of ether oxygens (including phenoxy) is 4. The van der Waals surface area contributed by atoms with Crippen molar-refractivity contribution in [3.63, 3.8) is 0 Å². The van der Waals surface area contributed by atoms with Crippen molar-refractivity contribution in [3.05, 3.63) is 47.5 Å². The molecule has 160 valence electrons. The summed E-state index contributed by atoms with van der Waals surface area (Å²) in [5.41, 5.74) is 2.18. The standard InChI is InChI=1S/C22H26N2O5S/c1-26-17-5-3-15(11-19(17)27-2)13-23-22(25)24-8-7-21(30-10-9-24)16-4-6-18-20(12-16)29-14-28-18/h3-6,11-12,21H,7-10,13-14H2,1-2H3,(H,23,25). The first kappa shape index (κ1) is 20.5. The number of nitrogens with one attached hydrogen (secondary N) is 1. The van der Waals surface area contributed by atoms with Gasteiger partial charge in [0.1, 0.15) is 0 Å². The zero-order valence-corrected chi connectivity index (χ0v) is 18.0. The van der Waals surface area contributed by atoms with E-state index in [0.717, 1.165) is 35.8 Å². The molecule has 2 aliphatic rings. The van der Waals surface area contributed by atoms with Gasteiger partial charge in [-0.2, -0.15) is 11.8 Å². The van der Waals surface area contributed by atoms with Gasteiger partial charge < -0.3 is 29.2 Å². The molecule has 2 aromatic rings. The average molecular weight is 431 g/mol. The summed E-state index contributed by atoms with van der Waals surface area (Å²) < 4.78 is 21.5. The van der Waals surface area contributed by atoms with Crippen molar-refractivity contribution < 1.29 is 23.7 Å². The Morgan fingerprint density at radius 3 is 2.77 bits per heavy atom. The van der Waals surface area contributed by atoms with E-state index in [9.17, 15) is 4.79 Å². The van der Waals surface area contributed by atoms with E-state index < -0.39 is 0 Å². The van der Waals surface area contributed by atoms with Gasteiger partial charge in [0.25, 0.3) is 0 Å². The molecule has 2 aliphatic heterocycles. The third-order valence-electron chi connectivity index (χ3n) is 5.29. The molecule has 0 aromatic heterocycles. The van der Waals surface area contributed by atoms with Crippen molar-refractivity contribution in [1.29, 1.82) is 0 Å². The number of nitrogens with zero attached hydrogens (tertiary/aromatic N) is 1. The third-order valence-corrected chi connectivity index (χ3v) is 6.62. The SMILES string of the molecule is COc1ccc(CNC(=O)N2CCSC(c3ccc4c(c3)OCO4)CC2)cc1OC. The summed E-state index contributed by atoms with van der Waals surface area (Å²) in [6.45, 7) is 2.16. The number of hydrogen-bond acceptors (Lipinski definition) is 6. The second kappa shape index (κ2) is 9.38. The van der Waals surface area contributed by atoms with Gasteiger partial charge in [0.05, 0.1) is 14.2 Å². The molecule has 0 bridgehead atoms. The van der Waals surface area contributed by atoms with Crippen molar-refractivity contribution in [2.75, 3.05) is 39.9 Å². The molecule has 2 amide bonds. The van der Waals surface area contributed by atoms with Crippen LogP contribution in [0.4, 0.5) is 4.79 Å². The number of thioether (sulfide) groups is 1. The van der Waals surface area contributed by atoms with Gasteiger partial charge in [-0.3, -0.25) is 0 Å². The Bertz CT molecular complexity index is 907. The number of rotatable bonds is 5. The Balaban J connectivity index is 1.32. The molecular weight excluding hydrogens is 404 g/mol. The fourth-order valence-electron chi connectivity index (χ4n) is 3.63. The van der Waals surface area contributed by atoms with Gasteiger partial charge >= 0.3 is 6.03 Å². The van der Waals surface area contributed by atoms with Crippen LogP contribution in [0.2, 0.25) is 0 Å². The Kier molecular flexibility index (Phi) is 6.42. The van der Waals surface area contributed by atoms with Crippen molar-refractivity contribution in [1.82, 2.24) is 10.2 Å². The summed E-state index contributed by atoms with van der Waals surface area (Å²) in [7, 11) is 3.21. The number of carbonyl (C=O) groups excluding carboxylic acids is 1. The molecule has 1 saturated heterocycles. The predicted molar refractivity (Wildman–Crippen MR) is 116 cm³/mol. The maximum absolute atomic E-state index is 12.7. The number of benzene rings is 2. The minimum atomic E-state index is -0.0447. The van der Waals surface area contributed by atoms with Crippen LogP contribution in [-0.2, 0) is 6.54 Å². The van der Waals surface area contributed by atoms with Crippen LogP contribution in [0.5, 0.6) is 23.0 Å². The minimum Gasteiger partial charge on any atom is -0.493 e. The maximum Gasteiger partial charge on any atom is 0.317 e. The smallest absolute Gasteiger partial charge is 0.317 e. The van der Waals surface area contributed by atoms with E-state index in [1.54, 1.807) is 14.2 Å². The first-order valence-electron chi connectivity index (χ1n) is 9.93. The van der Waals surface area contributed by atoms with Crippen molar-refractivity contribution in [3.8, 4) is 23.0 Å². The number of fused-ring (bicyclic) bond motifs is 1. The molecule has 1 unspecified atom stereocenters. The van der Waals surface area contributed by atoms with E-state index in [2.05, 4.69) is 17.4 Å². The quantitative estimate of drug-likeness (QED) is 0.778. The molecular formula is C22H26N2O5S. The van der Waals surface area contributed by atoms with E-state index >= 15 is 0 Å². The monoisotopic (exact) mass is 430 g/mol. The largest absolute Gasteiger partial charge is 0.493 e. The van der Waals surface area contributed by atoms with Crippen LogP contribution < -0.4 is 24.3 Å². The summed E-state index contributed by atoms with van der Waals surface area (Å²) >= 11 is 1.88. The molecule has 1 atom stereocenters. The molecule has 2 aromatic carbocycles. The van der Waals surface area contributed by atoms with Crippen LogP contribution in [0, 0.1) is 0 Å². The highest BCUT2D eigenvalue weighted by molar-refractivity contribution is 7.99. The highest BCUT2D eigenvalue weighted by Crippen LogP contribution is 2.40. The molecule has 30 heavy (non-hydrogen) atoms. The van der Waals surface area contributed by atoms with Gasteiger partial charge in [0.15, 0.2) is 23.0 Å². The summed E-state index contributed by atoms with van der Waals surface area (Å²) in [4.78, 5) is 14.6. The summed E-state index contributed by atoms with van der Waals surface area (Å²) in [5, 5.41) is 3.35. The van der Waals surface area contributed by atoms with Crippen LogP contribution in [0.15, 0.2) is 36.4 Å². The molecule has 0 radical (unpaired) electrons. The lowest BCUT2D eigenvalue weighted by Gasteiger charge is -2.21. The van der Waals surface area contributed by atoms with Crippen LogP contribution in [0.3, 0.4) is 0 Å². The fourth-order valence-corrected chi connectivity index (χ4v) is 4.85. The van der Waals surface area contributed by atoms with E-state index in [0.29, 0.717) is 29.8 Å². The Hall–Kier alpha value is -2.74. The second-order valence-corrected chi connectivity index (χ2v) is 8.41. The van der Waals surface area contributed by atoms with Crippen LogP contribution in [0.25, 0.3) is 0 Å². The normalized spacial score (nSPS) is 17.9. The van der Waals surface area contributed by atoms with Crippen molar-refractivity contribution in [2.45, 2.75) is 18.2 Å². The van der Waals surface area contributed by atoms with Crippen molar-refractivity contribution in [2.24, 2.45) is 0 Å². The van der Waals surface area contributed by atoms with E-state index in [4.69, 9.17) is 18.9 Å². The molecule has 1 fully saturated rings. The topological polar surface area (TPSA) is 69.3 Å². The number of methoxy groups -OCH3 is 2. The third kappa shape index (κ3) is 4.53. The van der Waals surface area contributed by atoms with Crippen LogP contribution in [0.1, 0.15) is 22.8 Å². The van der Waals surface area contributed by atoms with Crippen LogP contribution >= 0.6 is 11.8 Å². The first-order chi connectivity index (χ1) is 14.7. The first-order valence-corrected chi connectivity index (χ1v) is 11.0. The Morgan fingerprint density at radius 2 is 1.93 bits per heavy atom. The highest BCUT2D eigenvalue weighted by atomic mass is 32.2. The lowest BCUT2D eigenvalue weighted by atomic mass is 10.1.